The second-order valence-corrected chi connectivity index (χ2v) is 5.06. The number of carbonyl (C=O) groups is 3. The third kappa shape index (κ3) is 13.6. The third-order valence-corrected chi connectivity index (χ3v) is 3.06. The van der Waals surface area contributed by atoms with Gasteiger partial charge >= 0.3 is 18.1 Å². The predicted octanol–water partition coefficient (Wildman–Crippen LogP) is 3.34. The molecular weight excluding hydrogens is 304 g/mol. The van der Waals surface area contributed by atoms with Crippen molar-refractivity contribution in [3.8, 4) is 0 Å². The molecule has 0 saturated carbocycles. The van der Waals surface area contributed by atoms with Gasteiger partial charge in [-0.3, -0.25) is 9.59 Å². The van der Waals surface area contributed by atoms with Crippen molar-refractivity contribution in [1.29, 1.82) is 0 Å². The van der Waals surface area contributed by atoms with Crippen LogP contribution in [0, 0.1) is 0 Å². The van der Waals surface area contributed by atoms with Gasteiger partial charge in [0.1, 0.15) is 0 Å². The smallest absolute Gasteiger partial charge is 0.469 e. The number of methoxy groups -OCH3 is 1. The lowest BCUT2D eigenvalue weighted by molar-refractivity contribution is -0.168. The Kier molecular flexibility index (Phi) is 12.8. The zero-order valence-corrected chi connectivity index (χ0v) is 14.3. The highest BCUT2D eigenvalue weighted by Crippen LogP contribution is 2.10. The van der Waals surface area contributed by atoms with Crippen LogP contribution in [0.4, 0.5) is 4.79 Å². The molecule has 0 radical (unpaired) electrons. The number of ether oxygens (including phenoxy) is 4. The molecule has 0 aliphatic carbocycles. The molecule has 0 aromatic rings. The van der Waals surface area contributed by atoms with Gasteiger partial charge in [-0.2, -0.15) is 0 Å². The Balaban J connectivity index is 3.49. The molecule has 1 unspecified atom stereocenters. The molecule has 1 atom stereocenters. The van der Waals surface area contributed by atoms with Crippen molar-refractivity contribution in [2.45, 2.75) is 71.5 Å². The average Bonchev–Trinajstić information content (AvgIpc) is 2.49. The van der Waals surface area contributed by atoms with E-state index < -0.39 is 18.4 Å². The first-order chi connectivity index (χ1) is 11.0. The van der Waals surface area contributed by atoms with Crippen LogP contribution in [0.2, 0.25) is 0 Å². The Hall–Kier alpha value is -1.79. The normalized spacial score (nSPS) is 11.4. The van der Waals surface area contributed by atoms with Gasteiger partial charge in [0, 0.05) is 19.8 Å². The largest absolute Gasteiger partial charge is 0.511 e. The molecule has 7 heteroatoms. The first kappa shape index (κ1) is 21.2. The average molecular weight is 332 g/mol. The topological polar surface area (TPSA) is 88.1 Å². The zero-order chi connectivity index (χ0) is 17.5. The summed E-state index contributed by atoms with van der Waals surface area (Å²) >= 11 is 0. The summed E-state index contributed by atoms with van der Waals surface area (Å²) in [6, 6.07) is 0. The van der Waals surface area contributed by atoms with Crippen LogP contribution in [0.15, 0.2) is 0 Å². The summed E-state index contributed by atoms with van der Waals surface area (Å²) in [6.45, 7) is 3.34. The molecule has 0 amide bonds. The van der Waals surface area contributed by atoms with Crippen LogP contribution in [0.3, 0.4) is 0 Å². The second-order valence-electron chi connectivity index (χ2n) is 5.06. The summed E-state index contributed by atoms with van der Waals surface area (Å²) in [5, 5.41) is 0. The van der Waals surface area contributed by atoms with E-state index in [0.29, 0.717) is 12.8 Å². The molecule has 0 aromatic carbocycles. The number of hydrogen-bond donors (Lipinski definition) is 0. The highest BCUT2D eigenvalue weighted by atomic mass is 16.8. The molecule has 0 N–H and O–H groups in total. The lowest BCUT2D eigenvalue weighted by Crippen LogP contribution is -2.22. The van der Waals surface area contributed by atoms with Crippen LogP contribution >= 0.6 is 0 Å². The van der Waals surface area contributed by atoms with Crippen LogP contribution in [0.5, 0.6) is 0 Å². The van der Waals surface area contributed by atoms with Crippen molar-refractivity contribution >= 4 is 18.1 Å². The summed E-state index contributed by atoms with van der Waals surface area (Å²) < 4.78 is 18.8. The zero-order valence-electron chi connectivity index (χ0n) is 14.3. The van der Waals surface area contributed by atoms with E-state index in [4.69, 9.17) is 9.47 Å². The van der Waals surface area contributed by atoms with Crippen LogP contribution in [-0.4, -0.2) is 38.1 Å². The molecule has 23 heavy (non-hydrogen) atoms. The Labute approximate surface area is 137 Å². The monoisotopic (exact) mass is 332 g/mol. The van der Waals surface area contributed by atoms with Gasteiger partial charge < -0.3 is 18.9 Å². The van der Waals surface area contributed by atoms with E-state index in [9.17, 15) is 14.4 Å². The lowest BCUT2D eigenvalue weighted by atomic mass is 10.1. The number of hydrogen-bond acceptors (Lipinski definition) is 7. The van der Waals surface area contributed by atoms with Crippen LogP contribution < -0.4 is 0 Å². The highest BCUT2D eigenvalue weighted by Gasteiger charge is 2.14. The Morgan fingerprint density at radius 2 is 1.35 bits per heavy atom. The second kappa shape index (κ2) is 13.8. The number of esters is 2. The predicted molar refractivity (Wildman–Crippen MR) is 82.6 cm³/mol. The number of rotatable bonds is 12. The van der Waals surface area contributed by atoms with Gasteiger partial charge in [-0.05, 0) is 19.8 Å². The van der Waals surface area contributed by atoms with E-state index in [-0.39, 0.29) is 12.6 Å². The van der Waals surface area contributed by atoms with Crippen molar-refractivity contribution in [2.24, 2.45) is 0 Å². The first-order valence-corrected chi connectivity index (χ1v) is 8.09. The Bertz CT molecular complexity index is 354. The van der Waals surface area contributed by atoms with Gasteiger partial charge in [0.05, 0.1) is 13.7 Å². The van der Waals surface area contributed by atoms with Gasteiger partial charge in [-0.25, -0.2) is 4.79 Å². The van der Waals surface area contributed by atoms with Gasteiger partial charge in [0.2, 0.25) is 6.29 Å². The van der Waals surface area contributed by atoms with E-state index in [2.05, 4.69) is 9.47 Å². The van der Waals surface area contributed by atoms with Crippen LogP contribution in [0.25, 0.3) is 0 Å². The van der Waals surface area contributed by atoms with Crippen LogP contribution in [-0.2, 0) is 28.5 Å². The van der Waals surface area contributed by atoms with Crippen molar-refractivity contribution in [3.63, 3.8) is 0 Å². The number of carbonyl (C=O) groups excluding carboxylic acids is 3. The van der Waals surface area contributed by atoms with E-state index in [1.807, 2.05) is 0 Å². The fourth-order valence-corrected chi connectivity index (χ4v) is 1.90. The minimum atomic E-state index is -0.945. The van der Waals surface area contributed by atoms with E-state index in [1.165, 1.54) is 14.0 Å². The minimum Gasteiger partial charge on any atom is -0.469 e. The van der Waals surface area contributed by atoms with Crippen molar-refractivity contribution < 1.29 is 33.3 Å². The summed E-state index contributed by atoms with van der Waals surface area (Å²) in [5.41, 5.74) is 0. The van der Waals surface area contributed by atoms with Gasteiger partial charge in [0.25, 0.3) is 0 Å². The van der Waals surface area contributed by atoms with E-state index >= 15 is 0 Å². The molecule has 7 nitrogen and oxygen atoms in total. The standard InChI is InChI=1S/C16H28O7/c1-4-21-16(19)23-13(2)22-15(18)12-10-8-6-5-7-9-11-14(17)20-3/h13H,4-12H2,1-3H3. The van der Waals surface area contributed by atoms with Gasteiger partial charge in [0.15, 0.2) is 0 Å². The van der Waals surface area contributed by atoms with Crippen LogP contribution in [0.1, 0.15) is 65.2 Å². The quantitative estimate of drug-likeness (QED) is 0.234. The Morgan fingerprint density at radius 3 is 1.87 bits per heavy atom. The molecule has 0 heterocycles. The molecule has 0 aliphatic heterocycles. The van der Waals surface area contributed by atoms with Gasteiger partial charge in [-0.15, -0.1) is 0 Å². The summed E-state index contributed by atoms with van der Waals surface area (Å²) in [4.78, 5) is 33.4. The maximum absolute atomic E-state index is 11.5. The SMILES string of the molecule is CCOC(=O)OC(C)OC(=O)CCCCCCCCC(=O)OC. The summed E-state index contributed by atoms with van der Waals surface area (Å²) in [7, 11) is 1.39. The Morgan fingerprint density at radius 1 is 0.826 bits per heavy atom. The molecule has 0 spiro atoms. The minimum absolute atomic E-state index is 0.174. The maximum atomic E-state index is 11.5. The molecular formula is C16H28O7. The van der Waals surface area contributed by atoms with Crippen molar-refractivity contribution in [1.82, 2.24) is 0 Å². The fourth-order valence-electron chi connectivity index (χ4n) is 1.90. The molecule has 0 fully saturated rings. The lowest BCUT2D eigenvalue weighted by Gasteiger charge is -2.13. The third-order valence-electron chi connectivity index (χ3n) is 3.06. The molecule has 0 saturated heterocycles. The highest BCUT2D eigenvalue weighted by molar-refractivity contribution is 5.69. The first-order valence-electron chi connectivity index (χ1n) is 8.09. The molecule has 0 rings (SSSR count). The summed E-state index contributed by atoms with van der Waals surface area (Å²) in [5.74, 6) is -0.570. The fraction of sp³-hybridized carbons (Fsp3) is 0.812. The molecule has 134 valence electrons. The molecule has 0 bridgehead atoms. The van der Waals surface area contributed by atoms with E-state index in [1.54, 1.807) is 6.92 Å². The number of unbranched alkanes of at least 4 members (excludes halogenated alkanes) is 5. The van der Waals surface area contributed by atoms with Crippen molar-refractivity contribution in [3.05, 3.63) is 0 Å². The van der Waals surface area contributed by atoms with Crippen molar-refractivity contribution in [2.75, 3.05) is 13.7 Å². The summed E-state index contributed by atoms with van der Waals surface area (Å²) in [6.07, 6.45) is 4.43. The molecule has 0 aliphatic rings. The maximum Gasteiger partial charge on any atom is 0.511 e. The van der Waals surface area contributed by atoms with E-state index in [0.717, 1.165) is 38.5 Å². The molecule has 0 aromatic heterocycles. The van der Waals surface area contributed by atoms with Gasteiger partial charge in [-0.1, -0.05) is 25.7 Å².